The van der Waals surface area contributed by atoms with Crippen LogP contribution in [0.3, 0.4) is 0 Å². The number of hydrogen-bond donors (Lipinski definition) is 0. The molecule has 4 nitrogen and oxygen atoms in total. The Labute approximate surface area is 215 Å². The van der Waals surface area contributed by atoms with Crippen LogP contribution in [-0.4, -0.2) is 19.3 Å². The van der Waals surface area contributed by atoms with E-state index in [1.807, 2.05) is 59.2 Å². The SMILES string of the molecule is FC(F)(F)c1ccccc1CSc1nnc(Cn2c3ccccc3c3ccccc32)n1-c1ccccc1. The number of rotatable bonds is 6. The maximum absolute atomic E-state index is 13.5. The van der Waals surface area contributed by atoms with Crippen molar-refractivity contribution in [2.45, 2.75) is 23.6 Å². The van der Waals surface area contributed by atoms with E-state index < -0.39 is 11.7 Å². The monoisotopic (exact) mass is 514 g/mol. The van der Waals surface area contributed by atoms with Gasteiger partial charge in [0.2, 0.25) is 0 Å². The Balaban J connectivity index is 1.42. The Hall–Kier alpha value is -4.04. The second-order valence-corrected chi connectivity index (χ2v) is 9.58. The molecule has 0 fully saturated rings. The van der Waals surface area contributed by atoms with Crippen LogP contribution in [0.1, 0.15) is 17.0 Å². The van der Waals surface area contributed by atoms with Gasteiger partial charge in [0.25, 0.3) is 0 Å². The highest BCUT2D eigenvalue weighted by atomic mass is 32.2. The maximum Gasteiger partial charge on any atom is 0.416 e. The number of fused-ring (bicyclic) bond motifs is 3. The number of para-hydroxylation sites is 3. The molecule has 0 saturated heterocycles. The normalized spacial score (nSPS) is 12.0. The molecule has 0 saturated carbocycles. The van der Waals surface area contributed by atoms with Gasteiger partial charge in [0.05, 0.1) is 12.1 Å². The molecule has 6 rings (SSSR count). The van der Waals surface area contributed by atoms with Crippen molar-refractivity contribution in [1.82, 2.24) is 19.3 Å². The van der Waals surface area contributed by atoms with Gasteiger partial charge in [0, 0.05) is 33.2 Å². The highest BCUT2D eigenvalue weighted by Gasteiger charge is 2.33. The van der Waals surface area contributed by atoms with E-state index in [-0.39, 0.29) is 11.3 Å². The van der Waals surface area contributed by atoms with Gasteiger partial charge in [-0.3, -0.25) is 4.57 Å². The van der Waals surface area contributed by atoms with Gasteiger partial charge in [-0.15, -0.1) is 10.2 Å². The molecule has 37 heavy (non-hydrogen) atoms. The van der Waals surface area contributed by atoms with E-state index in [0.29, 0.717) is 17.5 Å². The quantitative estimate of drug-likeness (QED) is 0.213. The van der Waals surface area contributed by atoms with Crippen molar-refractivity contribution in [3.8, 4) is 5.69 Å². The minimum absolute atomic E-state index is 0.121. The zero-order valence-electron chi connectivity index (χ0n) is 19.6. The number of alkyl halides is 3. The molecule has 0 aliphatic heterocycles. The van der Waals surface area contributed by atoms with Crippen LogP contribution < -0.4 is 0 Å². The van der Waals surface area contributed by atoms with Gasteiger partial charge in [-0.25, -0.2) is 0 Å². The lowest BCUT2D eigenvalue weighted by molar-refractivity contribution is -0.138. The van der Waals surface area contributed by atoms with Crippen LogP contribution in [0.2, 0.25) is 0 Å². The predicted molar refractivity (Wildman–Crippen MR) is 141 cm³/mol. The molecule has 0 bridgehead atoms. The number of benzene rings is 4. The fourth-order valence-corrected chi connectivity index (χ4v) is 5.69. The second-order valence-electron chi connectivity index (χ2n) is 8.63. The van der Waals surface area contributed by atoms with Gasteiger partial charge < -0.3 is 4.57 Å². The highest BCUT2D eigenvalue weighted by molar-refractivity contribution is 7.98. The van der Waals surface area contributed by atoms with E-state index in [0.717, 1.165) is 33.6 Å². The summed E-state index contributed by atoms with van der Waals surface area (Å²) < 4.78 is 44.8. The molecular formula is C29H21F3N4S. The van der Waals surface area contributed by atoms with Crippen LogP contribution in [0, 0.1) is 0 Å². The Kier molecular flexibility index (Phi) is 5.96. The van der Waals surface area contributed by atoms with Crippen LogP contribution >= 0.6 is 11.8 Å². The summed E-state index contributed by atoms with van der Waals surface area (Å²) in [5, 5.41) is 11.8. The molecule has 0 N–H and O–H groups in total. The summed E-state index contributed by atoms with van der Waals surface area (Å²) in [5.41, 5.74) is 2.61. The van der Waals surface area contributed by atoms with Crippen LogP contribution in [0.25, 0.3) is 27.5 Å². The molecule has 2 aromatic heterocycles. The highest BCUT2D eigenvalue weighted by Crippen LogP contribution is 2.35. The van der Waals surface area contributed by atoms with Crippen molar-refractivity contribution in [2.75, 3.05) is 0 Å². The molecular weight excluding hydrogens is 493 g/mol. The first-order valence-corrected chi connectivity index (χ1v) is 12.7. The van der Waals surface area contributed by atoms with E-state index in [9.17, 15) is 13.2 Å². The van der Waals surface area contributed by atoms with Crippen molar-refractivity contribution in [3.63, 3.8) is 0 Å². The number of nitrogens with zero attached hydrogens (tertiary/aromatic N) is 4. The third-order valence-corrected chi connectivity index (χ3v) is 7.35. The van der Waals surface area contributed by atoms with Crippen molar-refractivity contribution in [1.29, 1.82) is 0 Å². The first-order chi connectivity index (χ1) is 18.0. The van der Waals surface area contributed by atoms with E-state index in [4.69, 9.17) is 0 Å². The summed E-state index contributed by atoms with van der Waals surface area (Å²) in [6.45, 7) is 0.454. The van der Waals surface area contributed by atoms with E-state index in [1.165, 1.54) is 23.9 Å². The second kappa shape index (κ2) is 9.44. The summed E-state index contributed by atoms with van der Waals surface area (Å²) >= 11 is 1.25. The van der Waals surface area contributed by atoms with Crippen LogP contribution in [0.4, 0.5) is 13.2 Å². The van der Waals surface area contributed by atoms with Gasteiger partial charge in [-0.05, 0) is 35.9 Å². The van der Waals surface area contributed by atoms with Crippen LogP contribution in [0.15, 0.2) is 108 Å². The third-order valence-electron chi connectivity index (χ3n) is 6.37. The largest absolute Gasteiger partial charge is 0.416 e. The van der Waals surface area contributed by atoms with Crippen molar-refractivity contribution >= 4 is 33.6 Å². The molecule has 6 aromatic rings. The lowest BCUT2D eigenvalue weighted by Gasteiger charge is -2.14. The molecule has 2 heterocycles. The summed E-state index contributed by atoms with van der Waals surface area (Å²) in [4.78, 5) is 0. The zero-order chi connectivity index (χ0) is 25.4. The smallest absolute Gasteiger partial charge is 0.333 e. The Bertz CT molecular complexity index is 1650. The Morgan fingerprint density at radius 3 is 1.95 bits per heavy atom. The minimum atomic E-state index is -4.41. The zero-order valence-corrected chi connectivity index (χ0v) is 20.4. The Morgan fingerprint density at radius 1 is 0.676 bits per heavy atom. The molecule has 0 unspecified atom stereocenters. The van der Waals surface area contributed by atoms with Crippen molar-refractivity contribution < 1.29 is 13.2 Å². The maximum atomic E-state index is 13.5. The van der Waals surface area contributed by atoms with Crippen molar-refractivity contribution in [3.05, 3.63) is 120 Å². The van der Waals surface area contributed by atoms with Gasteiger partial charge in [-0.2, -0.15) is 13.2 Å². The van der Waals surface area contributed by atoms with Crippen LogP contribution in [0.5, 0.6) is 0 Å². The molecule has 0 atom stereocenters. The first-order valence-electron chi connectivity index (χ1n) is 11.7. The fourth-order valence-electron chi connectivity index (χ4n) is 4.71. The molecule has 0 aliphatic rings. The minimum Gasteiger partial charge on any atom is -0.333 e. The third kappa shape index (κ3) is 4.38. The average Bonchev–Trinajstić information content (AvgIpc) is 3.47. The van der Waals surface area contributed by atoms with E-state index >= 15 is 0 Å². The van der Waals surface area contributed by atoms with Gasteiger partial charge in [0.15, 0.2) is 11.0 Å². The number of thioether (sulfide) groups is 1. The van der Waals surface area contributed by atoms with Gasteiger partial charge in [0.1, 0.15) is 0 Å². The molecule has 0 aliphatic carbocycles. The summed E-state index contributed by atoms with van der Waals surface area (Å²) in [7, 11) is 0. The lowest BCUT2D eigenvalue weighted by atomic mass is 10.1. The summed E-state index contributed by atoms with van der Waals surface area (Å²) in [6, 6.07) is 31.8. The lowest BCUT2D eigenvalue weighted by Crippen LogP contribution is -2.09. The molecule has 0 radical (unpaired) electrons. The van der Waals surface area contributed by atoms with Gasteiger partial charge >= 0.3 is 6.18 Å². The van der Waals surface area contributed by atoms with E-state index in [1.54, 1.807) is 6.07 Å². The van der Waals surface area contributed by atoms with Crippen LogP contribution in [-0.2, 0) is 18.5 Å². The average molecular weight is 515 g/mol. The first kappa shape index (κ1) is 23.4. The number of hydrogen-bond acceptors (Lipinski definition) is 3. The summed E-state index contributed by atoms with van der Waals surface area (Å²) in [5.74, 6) is 0.820. The predicted octanol–water partition coefficient (Wildman–Crippen LogP) is 7.73. The molecule has 184 valence electrons. The Morgan fingerprint density at radius 2 is 1.27 bits per heavy atom. The molecule has 0 amide bonds. The molecule has 4 aromatic carbocycles. The van der Waals surface area contributed by atoms with Crippen molar-refractivity contribution in [2.24, 2.45) is 0 Å². The molecule has 8 heteroatoms. The number of halogens is 3. The topological polar surface area (TPSA) is 35.6 Å². The number of aromatic nitrogens is 4. The van der Waals surface area contributed by atoms with Gasteiger partial charge in [-0.1, -0.05) is 84.6 Å². The summed E-state index contributed by atoms with van der Waals surface area (Å²) in [6.07, 6.45) is -4.41. The molecule has 0 spiro atoms. The van der Waals surface area contributed by atoms with E-state index in [2.05, 4.69) is 39.0 Å². The standard InChI is InChI=1S/C29H21F3N4S/c30-29(31,32)24-15-7-4-10-20(24)19-37-28-34-33-27(36(28)21-11-2-1-3-12-21)18-35-25-16-8-5-13-22(25)23-14-6-9-17-26(23)35/h1-17H,18-19H2. The fraction of sp³-hybridized carbons (Fsp3) is 0.103.